The van der Waals surface area contributed by atoms with Crippen LogP contribution in [0, 0.1) is 6.92 Å². The Labute approximate surface area is 140 Å². The standard InChI is InChI=1S/C16H22N6O2/c1-13-18-19-20-22(13)10-7-16(23)21-9-4-6-15(11-21)24-12-14-5-2-3-8-17-14/h2-3,5,8,15H,4,6-7,9-12H2,1H3/t15-/m0/s1. The van der Waals surface area contributed by atoms with Crippen molar-refractivity contribution in [1.82, 2.24) is 30.1 Å². The molecule has 0 N–H and O–H groups in total. The van der Waals surface area contributed by atoms with E-state index in [0.717, 1.165) is 30.9 Å². The van der Waals surface area contributed by atoms with Gasteiger partial charge < -0.3 is 9.64 Å². The average molecular weight is 330 g/mol. The lowest BCUT2D eigenvalue weighted by Gasteiger charge is -2.32. The molecule has 2 aromatic heterocycles. The first-order valence-electron chi connectivity index (χ1n) is 8.24. The summed E-state index contributed by atoms with van der Waals surface area (Å²) in [6.45, 7) is 4.25. The zero-order valence-corrected chi connectivity index (χ0v) is 13.8. The number of carbonyl (C=O) groups is 1. The van der Waals surface area contributed by atoms with Crippen molar-refractivity contribution < 1.29 is 9.53 Å². The van der Waals surface area contributed by atoms with Gasteiger partial charge in [0.25, 0.3) is 0 Å². The molecule has 24 heavy (non-hydrogen) atoms. The maximum Gasteiger partial charge on any atom is 0.224 e. The van der Waals surface area contributed by atoms with Gasteiger partial charge >= 0.3 is 0 Å². The molecule has 1 atom stereocenters. The van der Waals surface area contributed by atoms with Crippen LogP contribution in [-0.4, -0.2) is 55.2 Å². The first-order chi connectivity index (χ1) is 11.7. The molecule has 1 saturated heterocycles. The van der Waals surface area contributed by atoms with E-state index in [1.54, 1.807) is 10.9 Å². The van der Waals surface area contributed by atoms with E-state index in [-0.39, 0.29) is 12.0 Å². The van der Waals surface area contributed by atoms with Gasteiger partial charge in [-0.25, -0.2) is 4.68 Å². The molecule has 8 nitrogen and oxygen atoms in total. The molecule has 3 rings (SSSR count). The Morgan fingerprint density at radius 3 is 3.08 bits per heavy atom. The van der Waals surface area contributed by atoms with Crippen LogP contribution in [0.2, 0.25) is 0 Å². The van der Waals surface area contributed by atoms with E-state index >= 15 is 0 Å². The smallest absolute Gasteiger partial charge is 0.224 e. The van der Waals surface area contributed by atoms with Gasteiger partial charge in [-0.15, -0.1) is 5.10 Å². The minimum Gasteiger partial charge on any atom is -0.370 e. The third-order valence-corrected chi connectivity index (χ3v) is 4.17. The van der Waals surface area contributed by atoms with Gasteiger partial charge in [0, 0.05) is 25.7 Å². The highest BCUT2D eigenvalue weighted by Crippen LogP contribution is 2.15. The van der Waals surface area contributed by atoms with Crippen molar-refractivity contribution >= 4 is 5.91 Å². The molecule has 1 fully saturated rings. The summed E-state index contributed by atoms with van der Waals surface area (Å²) < 4.78 is 7.57. The van der Waals surface area contributed by atoms with Crippen molar-refractivity contribution in [1.29, 1.82) is 0 Å². The fourth-order valence-corrected chi connectivity index (χ4v) is 2.80. The molecular formula is C16H22N6O2. The molecule has 1 aliphatic heterocycles. The number of piperidine rings is 1. The first-order valence-corrected chi connectivity index (χ1v) is 8.24. The molecule has 0 aliphatic carbocycles. The third-order valence-electron chi connectivity index (χ3n) is 4.17. The van der Waals surface area contributed by atoms with Crippen LogP contribution in [0.3, 0.4) is 0 Å². The van der Waals surface area contributed by atoms with E-state index in [1.807, 2.05) is 30.0 Å². The largest absolute Gasteiger partial charge is 0.370 e. The number of nitrogens with zero attached hydrogens (tertiary/aromatic N) is 6. The van der Waals surface area contributed by atoms with Crippen molar-refractivity contribution in [2.24, 2.45) is 0 Å². The van der Waals surface area contributed by atoms with Crippen LogP contribution in [0.25, 0.3) is 0 Å². The molecule has 2 aromatic rings. The van der Waals surface area contributed by atoms with E-state index in [4.69, 9.17) is 4.74 Å². The Balaban J connectivity index is 1.46. The fraction of sp³-hybridized carbons (Fsp3) is 0.562. The molecule has 1 amide bonds. The lowest BCUT2D eigenvalue weighted by atomic mass is 10.1. The third kappa shape index (κ3) is 4.35. The van der Waals surface area contributed by atoms with E-state index in [0.29, 0.717) is 26.1 Å². The van der Waals surface area contributed by atoms with Crippen LogP contribution in [0.5, 0.6) is 0 Å². The second-order valence-corrected chi connectivity index (χ2v) is 5.94. The maximum atomic E-state index is 12.4. The highest BCUT2D eigenvalue weighted by Gasteiger charge is 2.24. The first kappa shape index (κ1) is 16.5. The zero-order chi connectivity index (χ0) is 16.8. The van der Waals surface area contributed by atoms with Gasteiger partial charge in [0.15, 0.2) is 0 Å². The minimum atomic E-state index is 0.0690. The summed E-state index contributed by atoms with van der Waals surface area (Å²) in [6.07, 6.45) is 4.17. The number of aromatic nitrogens is 5. The fourth-order valence-electron chi connectivity index (χ4n) is 2.80. The molecule has 1 aliphatic rings. The normalized spacial score (nSPS) is 17.9. The number of rotatable bonds is 6. The van der Waals surface area contributed by atoms with Gasteiger partial charge in [-0.1, -0.05) is 6.07 Å². The molecule has 0 unspecified atom stereocenters. The van der Waals surface area contributed by atoms with Gasteiger partial charge in [0.1, 0.15) is 5.82 Å². The SMILES string of the molecule is Cc1nnnn1CCC(=O)N1CCC[C@H](OCc2ccccn2)C1. The molecule has 0 radical (unpaired) electrons. The molecule has 0 bridgehead atoms. The molecule has 128 valence electrons. The number of likely N-dealkylation sites (tertiary alicyclic amines) is 1. The zero-order valence-electron chi connectivity index (χ0n) is 13.8. The second kappa shape index (κ2) is 7.96. The Bertz CT molecular complexity index is 660. The Hall–Kier alpha value is -2.35. The van der Waals surface area contributed by atoms with Gasteiger partial charge in [0.05, 0.1) is 24.9 Å². The highest BCUT2D eigenvalue weighted by molar-refractivity contribution is 5.76. The number of pyridine rings is 1. The quantitative estimate of drug-likeness (QED) is 0.784. The predicted molar refractivity (Wildman–Crippen MR) is 85.8 cm³/mol. The summed E-state index contributed by atoms with van der Waals surface area (Å²) >= 11 is 0. The van der Waals surface area contributed by atoms with E-state index < -0.39 is 0 Å². The van der Waals surface area contributed by atoms with Gasteiger partial charge in [-0.05, 0) is 42.3 Å². The average Bonchev–Trinajstić information content (AvgIpc) is 3.04. The van der Waals surface area contributed by atoms with E-state index in [1.165, 1.54) is 0 Å². The van der Waals surface area contributed by atoms with Crippen molar-refractivity contribution in [2.75, 3.05) is 13.1 Å². The molecule has 3 heterocycles. The Kier molecular flexibility index (Phi) is 5.47. The number of aryl methyl sites for hydroxylation is 2. The predicted octanol–water partition coefficient (Wildman–Crippen LogP) is 0.974. The molecule has 8 heteroatoms. The summed E-state index contributed by atoms with van der Waals surface area (Å²) in [6, 6.07) is 5.78. The van der Waals surface area contributed by atoms with Crippen molar-refractivity contribution in [2.45, 2.75) is 45.4 Å². The van der Waals surface area contributed by atoms with E-state index in [9.17, 15) is 4.79 Å². The summed E-state index contributed by atoms with van der Waals surface area (Å²) in [4.78, 5) is 18.5. The number of hydrogen-bond donors (Lipinski definition) is 0. The number of tetrazole rings is 1. The number of amides is 1. The van der Waals surface area contributed by atoms with Crippen molar-refractivity contribution in [3.63, 3.8) is 0 Å². The number of carbonyl (C=O) groups excluding carboxylic acids is 1. The maximum absolute atomic E-state index is 12.4. The van der Waals surface area contributed by atoms with Gasteiger partial charge in [-0.3, -0.25) is 9.78 Å². The molecule has 0 saturated carbocycles. The Morgan fingerprint density at radius 1 is 1.42 bits per heavy atom. The summed E-state index contributed by atoms with van der Waals surface area (Å²) in [5.41, 5.74) is 0.912. The summed E-state index contributed by atoms with van der Waals surface area (Å²) in [5.74, 6) is 0.842. The molecule has 0 spiro atoms. The lowest BCUT2D eigenvalue weighted by Crippen LogP contribution is -2.43. The van der Waals surface area contributed by atoms with Crippen molar-refractivity contribution in [3.8, 4) is 0 Å². The van der Waals surface area contributed by atoms with Crippen LogP contribution in [0.1, 0.15) is 30.8 Å². The second-order valence-electron chi connectivity index (χ2n) is 5.94. The number of hydrogen-bond acceptors (Lipinski definition) is 6. The highest BCUT2D eigenvalue weighted by atomic mass is 16.5. The summed E-state index contributed by atoms with van der Waals surface area (Å²) in [7, 11) is 0. The number of ether oxygens (including phenoxy) is 1. The van der Waals surface area contributed by atoms with Crippen LogP contribution < -0.4 is 0 Å². The van der Waals surface area contributed by atoms with Gasteiger partial charge in [-0.2, -0.15) is 0 Å². The van der Waals surface area contributed by atoms with Crippen LogP contribution >= 0.6 is 0 Å². The Morgan fingerprint density at radius 2 is 2.33 bits per heavy atom. The van der Waals surface area contributed by atoms with E-state index in [2.05, 4.69) is 20.5 Å². The lowest BCUT2D eigenvalue weighted by molar-refractivity contribution is -0.136. The van der Waals surface area contributed by atoms with Crippen molar-refractivity contribution in [3.05, 3.63) is 35.9 Å². The van der Waals surface area contributed by atoms with Crippen LogP contribution in [-0.2, 0) is 22.7 Å². The molecule has 0 aromatic carbocycles. The van der Waals surface area contributed by atoms with Gasteiger partial charge in [0.2, 0.25) is 5.91 Å². The monoisotopic (exact) mass is 330 g/mol. The molecular weight excluding hydrogens is 308 g/mol. The summed E-state index contributed by atoms with van der Waals surface area (Å²) in [5, 5.41) is 11.3. The van der Waals surface area contributed by atoms with Crippen LogP contribution in [0.15, 0.2) is 24.4 Å². The van der Waals surface area contributed by atoms with Crippen LogP contribution in [0.4, 0.5) is 0 Å². The topological polar surface area (TPSA) is 86.0 Å². The minimum absolute atomic E-state index is 0.0690.